The zero-order valence-electron chi connectivity index (χ0n) is 9.56. The van der Waals surface area contributed by atoms with Crippen molar-refractivity contribution < 1.29 is 5.11 Å². The van der Waals surface area contributed by atoms with Gasteiger partial charge in [-0.1, -0.05) is 24.3 Å². The molecule has 0 radical (unpaired) electrons. The molecule has 1 N–H and O–H groups in total. The van der Waals surface area contributed by atoms with Crippen LogP contribution in [0.5, 0.6) is 0 Å². The quantitative estimate of drug-likeness (QED) is 0.741. The Kier molecular flexibility index (Phi) is 2.70. The first-order chi connectivity index (χ1) is 8.86. The molecule has 3 rings (SSSR count). The van der Waals surface area contributed by atoms with Gasteiger partial charge in [0.2, 0.25) is 0 Å². The SMILES string of the molecule is OC(c1cncnc1)c1cncc2ccccc12. The maximum absolute atomic E-state index is 10.4. The van der Waals surface area contributed by atoms with Crippen LogP contribution in [0.2, 0.25) is 0 Å². The minimum absolute atomic E-state index is 0.663. The van der Waals surface area contributed by atoms with E-state index in [2.05, 4.69) is 15.0 Å². The van der Waals surface area contributed by atoms with Crippen LogP contribution in [0.1, 0.15) is 17.2 Å². The molecule has 4 nitrogen and oxygen atoms in total. The largest absolute Gasteiger partial charge is 0.383 e. The van der Waals surface area contributed by atoms with Gasteiger partial charge in [0.25, 0.3) is 0 Å². The topological polar surface area (TPSA) is 58.9 Å². The lowest BCUT2D eigenvalue weighted by molar-refractivity contribution is 0.220. The molecule has 18 heavy (non-hydrogen) atoms. The van der Waals surface area contributed by atoms with Crippen molar-refractivity contribution in [2.75, 3.05) is 0 Å². The number of aliphatic hydroxyl groups is 1. The maximum atomic E-state index is 10.4. The first-order valence-electron chi connectivity index (χ1n) is 5.62. The number of aromatic nitrogens is 3. The second kappa shape index (κ2) is 4.50. The summed E-state index contributed by atoms with van der Waals surface area (Å²) in [6.45, 7) is 0. The summed E-state index contributed by atoms with van der Waals surface area (Å²) < 4.78 is 0. The fraction of sp³-hybridized carbons (Fsp3) is 0.0714. The minimum Gasteiger partial charge on any atom is -0.383 e. The van der Waals surface area contributed by atoms with E-state index >= 15 is 0 Å². The van der Waals surface area contributed by atoms with Crippen LogP contribution < -0.4 is 0 Å². The van der Waals surface area contributed by atoms with Gasteiger partial charge < -0.3 is 5.11 Å². The lowest BCUT2D eigenvalue weighted by Crippen LogP contribution is -2.02. The first kappa shape index (κ1) is 10.8. The molecule has 3 aromatic rings. The van der Waals surface area contributed by atoms with E-state index in [0.717, 1.165) is 16.3 Å². The van der Waals surface area contributed by atoms with Gasteiger partial charge in [-0.05, 0) is 5.39 Å². The molecular formula is C14H11N3O. The van der Waals surface area contributed by atoms with Gasteiger partial charge in [-0.15, -0.1) is 0 Å². The highest BCUT2D eigenvalue weighted by Crippen LogP contribution is 2.26. The van der Waals surface area contributed by atoms with Crippen LogP contribution in [0.15, 0.2) is 55.4 Å². The Hall–Kier alpha value is -2.33. The number of fused-ring (bicyclic) bond motifs is 1. The predicted molar refractivity (Wildman–Crippen MR) is 67.8 cm³/mol. The summed E-state index contributed by atoms with van der Waals surface area (Å²) in [4.78, 5) is 12.0. The molecule has 0 saturated heterocycles. The van der Waals surface area contributed by atoms with Crippen LogP contribution >= 0.6 is 0 Å². The molecule has 0 saturated carbocycles. The van der Waals surface area contributed by atoms with E-state index in [1.54, 1.807) is 24.8 Å². The van der Waals surface area contributed by atoms with Crippen LogP contribution in [0.3, 0.4) is 0 Å². The van der Waals surface area contributed by atoms with E-state index in [-0.39, 0.29) is 0 Å². The monoisotopic (exact) mass is 237 g/mol. The standard InChI is InChI=1S/C14H11N3O/c18-14(11-6-16-9-17-7-11)13-8-15-5-10-3-1-2-4-12(10)13/h1-9,14,18H. The summed E-state index contributed by atoms with van der Waals surface area (Å²) in [6.07, 6.45) is 7.37. The fourth-order valence-electron chi connectivity index (χ4n) is 1.99. The Balaban J connectivity index is 2.15. The van der Waals surface area contributed by atoms with Crippen molar-refractivity contribution in [2.24, 2.45) is 0 Å². The lowest BCUT2D eigenvalue weighted by Gasteiger charge is -2.12. The number of rotatable bonds is 2. The zero-order chi connectivity index (χ0) is 12.4. The van der Waals surface area contributed by atoms with Crippen molar-refractivity contribution in [3.63, 3.8) is 0 Å². The van der Waals surface area contributed by atoms with Gasteiger partial charge in [0, 0.05) is 41.3 Å². The van der Waals surface area contributed by atoms with Gasteiger partial charge in [-0.2, -0.15) is 0 Å². The van der Waals surface area contributed by atoms with E-state index in [1.807, 2.05) is 24.3 Å². The summed E-state index contributed by atoms with van der Waals surface area (Å²) in [6, 6.07) is 7.84. The molecule has 0 aliphatic heterocycles. The Morgan fingerprint density at radius 3 is 2.50 bits per heavy atom. The van der Waals surface area contributed by atoms with Gasteiger partial charge in [0.1, 0.15) is 12.4 Å². The first-order valence-corrected chi connectivity index (χ1v) is 5.62. The molecule has 1 unspecified atom stereocenters. The number of nitrogens with zero attached hydrogens (tertiary/aromatic N) is 3. The molecule has 0 amide bonds. The highest BCUT2D eigenvalue weighted by Gasteiger charge is 2.14. The average Bonchev–Trinajstić information content (AvgIpc) is 2.47. The van der Waals surface area contributed by atoms with Crippen LogP contribution in [0.25, 0.3) is 10.8 Å². The zero-order valence-corrected chi connectivity index (χ0v) is 9.56. The summed E-state index contributed by atoms with van der Waals surface area (Å²) in [5, 5.41) is 12.4. The van der Waals surface area contributed by atoms with Crippen molar-refractivity contribution in [3.05, 3.63) is 66.5 Å². The molecule has 0 spiro atoms. The molecule has 88 valence electrons. The maximum Gasteiger partial charge on any atom is 0.115 e. The molecule has 1 atom stereocenters. The number of aliphatic hydroxyl groups excluding tert-OH is 1. The highest BCUT2D eigenvalue weighted by atomic mass is 16.3. The predicted octanol–water partition coefficient (Wildman–Crippen LogP) is 2.11. The second-order valence-corrected chi connectivity index (χ2v) is 4.02. The van der Waals surface area contributed by atoms with E-state index in [1.165, 1.54) is 6.33 Å². The molecule has 0 fully saturated rings. The van der Waals surface area contributed by atoms with Crippen molar-refractivity contribution in [2.45, 2.75) is 6.10 Å². The average molecular weight is 237 g/mol. The summed E-state index contributed by atoms with van der Waals surface area (Å²) in [5.41, 5.74) is 1.43. The molecule has 2 heterocycles. The summed E-state index contributed by atoms with van der Waals surface area (Å²) >= 11 is 0. The molecular weight excluding hydrogens is 226 g/mol. The Morgan fingerprint density at radius 1 is 0.889 bits per heavy atom. The second-order valence-electron chi connectivity index (χ2n) is 4.02. The van der Waals surface area contributed by atoms with Crippen molar-refractivity contribution in [1.82, 2.24) is 15.0 Å². The lowest BCUT2D eigenvalue weighted by atomic mass is 10.0. The third kappa shape index (κ3) is 1.83. The summed E-state index contributed by atoms with van der Waals surface area (Å²) in [5.74, 6) is 0. The number of hydrogen-bond acceptors (Lipinski definition) is 4. The fourth-order valence-corrected chi connectivity index (χ4v) is 1.99. The Morgan fingerprint density at radius 2 is 1.67 bits per heavy atom. The number of hydrogen-bond donors (Lipinski definition) is 1. The van der Waals surface area contributed by atoms with Gasteiger partial charge in [0.15, 0.2) is 0 Å². The normalized spacial score (nSPS) is 12.5. The Bertz CT molecular complexity index is 665. The third-order valence-electron chi connectivity index (χ3n) is 2.89. The summed E-state index contributed by atoms with van der Waals surface area (Å²) in [7, 11) is 0. The third-order valence-corrected chi connectivity index (χ3v) is 2.89. The van der Waals surface area contributed by atoms with Gasteiger partial charge in [-0.25, -0.2) is 9.97 Å². The van der Waals surface area contributed by atoms with Crippen molar-refractivity contribution in [1.29, 1.82) is 0 Å². The van der Waals surface area contributed by atoms with Crippen molar-refractivity contribution in [3.8, 4) is 0 Å². The van der Waals surface area contributed by atoms with Gasteiger partial charge in [-0.3, -0.25) is 4.98 Å². The van der Waals surface area contributed by atoms with E-state index in [4.69, 9.17) is 0 Å². The van der Waals surface area contributed by atoms with Crippen LogP contribution in [-0.4, -0.2) is 20.1 Å². The number of pyridine rings is 1. The Labute approximate surface area is 104 Å². The van der Waals surface area contributed by atoms with E-state index < -0.39 is 6.10 Å². The van der Waals surface area contributed by atoms with Gasteiger partial charge >= 0.3 is 0 Å². The molecule has 0 aliphatic carbocycles. The molecule has 1 aromatic carbocycles. The van der Waals surface area contributed by atoms with Crippen molar-refractivity contribution >= 4 is 10.8 Å². The minimum atomic E-state index is -0.759. The molecule has 2 aromatic heterocycles. The molecule has 0 aliphatic rings. The van der Waals surface area contributed by atoms with Crippen LogP contribution in [-0.2, 0) is 0 Å². The highest BCUT2D eigenvalue weighted by molar-refractivity contribution is 5.85. The van der Waals surface area contributed by atoms with Crippen LogP contribution in [0, 0.1) is 0 Å². The van der Waals surface area contributed by atoms with Gasteiger partial charge in [0.05, 0.1) is 0 Å². The number of benzene rings is 1. The van der Waals surface area contributed by atoms with Crippen LogP contribution in [0.4, 0.5) is 0 Å². The van der Waals surface area contributed by atoms with E-state index in [0.29, 0.717) is 5.56 Å². The molecule has 0 bridgehead atoms. The molecule has 4 heteroatoms. The van der Waals surface area contributed by atoms with E-state index in [9.17, 15) is 5.11 Å². The smallest absolute Gasteiger partial charge is 0.115 e.